The highest BCUT2D eigenvalue weighted by atomic mass is 35.5. The van der Waals surface area contributed by atoms with Crippen molar-refractivity contribution in [1.29, 1.82) is 0 Å². The number of rotatable bonds is 2. The topological polar surface area (TPSA) is 14.2 Å². The summed E-state index contributed by atoms with van der Waals surface area (Å²) < 4.78 is 8.07. The van der Waals surface area contributed by atoms with Gasteiger partial charge < -0.3 is 9.30 Å². The van der Waals surface area contributed by atoms with Crippen LogP contribution in [0.25, 0.3) is 10.9 Å². The van der Waals surface area contributed by atoms with E-state index in [2.05, 4.69) is 41.1 Å². The third-order valence-corrected chi connectivity index (χ3v) is 4.47. The number of fused-ring (bicyclic) bond motifs is 2. The van der Waals surface area contributed by atoms with E-state index < -0.39 is 0 Å². The van der Waals surface area contributed by atoms with E-state index in [0.29, 0.717) is 5.92 Å². The Morgan fingerprint density at radius 3 is 3.00 bits per heavy atom. The summed E-state index contributed by atoms with van der Waals surface area (Å²) in [5.74, 6) is 1.54. The molecule has 3 aromatic rings. The normalized spacial score (nSPS) is 17.5. The second-order valence-corrected chi connectivity index (χ2v) is 5.98. The first-order valence-corrected chi connectivity index (χ1v) is 7.65. The summed E-state index contributed by atoms with van der Waals surface area (Å²) in [6.07, 6.45) is 3.21. The molecule has 2 heterocycles. The van der Waals surface area contributed by atoms with Gasteiger partial charge in [0, 0.05) is 34.6 Å². The zero-order chi connectivity index (χ0) is 14.2. The van der Waals surface area contributed by atoms with Crippen LogP contribution in [-0.2, 0) is 6.54 Å². The van der Waals surface area contributed by atoms with Crippen molar-refractivity contribution in [2.75, 3.05) is 6.61 Å². The van der Waals surface area contributed by atoms with Gasteiger partial charge in [0.25, 0.3) is 0 Å². The number of hydrogen-bond donors (Lipinski definition) is 0. The minimum Gasteiger partial charge on any atom is -0.493 e. The molecule has 4 rings (SSSR count). The van der Waals surface area contributed by atoms with Gasteiger partial charge in [-0.3, -0.25) is 0 Å². The molecule has 1 unspecified atom stereocenters. The van der Waals surface area contributed by atoms with Crippen LogP contribution in [0.5, 0.6) is 5.75 Å². The van der Waals surface area contributed by atoms with E-state index >= 15 is 0 Å². The molecule has 1 atom stereocenters. The van der Waals surface area contributed by atoms with Gasteiger partial charge in [0.05, 0.1) is 6.61 Å². The molecule has 0 aliphatic carbocycles. The van der Waals surface area contributed by atoms with Crippen LogP contribution in [0.4, 0.5) is 0 Å². The minimum atomic E-state index is 0.501. The van der Waals surface area contributed by atoms with E-state index in [1.807, 2.05) is 18.2 Å². The fourth-order valence-electron chi connectivity index (χ4n) is 3.17. The molecular weight excluding hydrogens is 282 g/mol. The maximum atomic E-state index is 6.06. The highest BCUT2D eigenvalue weighted by molar-refractivity contribution is 6.31. The number of ether oxygens (including phenoxy) is 1. The highest BCUT2D eigenvalue weighted by Crippen LogP contribution is 2.35. The van der Waals surface area contributed by atoms with Crippen LogP contribution in [0, 0.1) is 0 Å². The summed E-state index contributed by atoms with van der Waals surface area (Å²) in [6, 6.07) is 16.6. The van der Waals surface area contributed by atoms with Crippen molar-refractivity contribution >= 4 is 22.5 Å². The molecule has 1 aliphatic rings. The van der Waals surface area contributed by atoms with E-state index in [-0.39, 0.29) is 0 Å². The van der Waals surface area contributed by atoms with Crippen molar-refractivity contribution in [1.82, 2.24) is 4.57 Å². The lowest BCUT2D eigenvalue weighted by molar-refractivity contribution is 0.259. The van der Waals surface area contributed by atoms with Gasteiger partial charge in [-0.15, -0.1) is 0 Å². The predicted octanol–water partition coefficient (Wildman–Crippen LogP) is 4.86. The summed E-state index contributed by atoms with van der Waals surface area (Å²) in [4.78, 5) is 0. The van der Waals surface area contributed by atoms with Crippen molar-refractivity contribution in [3.8, 4) is 5.75 Å². The van der Waals surface area contributed by atoms with Gasteiger partial charge in [0.1, 0.15) is 5.75 Å². The maximum absolute atomic E-state index is 6.06. The van der Waals surface area contributed by atoms with Crippen LogP contribution in [0.2, 0.25) is 5.02 Å². The summed E-state index contributed by atoms with van der Waals surface area (Å²) in [5, 5.41) is 1.99. The number of para-hydroxylation sites is 1. The zero-order valence-electron chi connectivity index (χ0n) is 11.6. The number of hydrogen-bond acceptors (Lipinski definition) is 1. The molecule has 0 saturated carbocycles. The second-order valence-electron chi connectivity index (χ2n) is 5.54. The molecule has 2 nitrogen and oxygen atoms in total. The van der Waals surface area contributed by atoms with Gasteiger partial charge >= 0.3 is 0 Å². The Morgan fingerprint density at radius 2 is 2.05 bits per heavy atom. The predicted molar refractivity (Wildman–Crippen MR) is 86.2 cm³/mol. The van der Waals surface area contributed by atoms with Gasteiger partial charge in [-0.25, -0.2) is 0 Å². The first-order valence-electron chi connectivity index (χ1n) is 7.27. The monoisotopic (exact) mass is 297 g/mol. The molecule has 2 aromatic carbocycles. The molecule has 21 heavy (non-hydrogen) atoms. The molecule has 0 spiro atoms. The van der Waals surface area contributed by atoms with E-state index in [1.54, 1.807) is 0 Å². The van der Waals surface area contributed by atoms with Gasteiger partial charge in [-0.05, 0) is 42.3 Å². The highest BCUT2D eigenvalue weighted by Gasteiger charge is 2.21. The standard InChI is InChI=1S/C18H16ClNO/c19-15-5-6-17-13(11-15)7-9-20(17)12-14-8-10-21-18-4-2-1-3-16(14)18/h1-7,9,11,14H,8,10,12H2. The van der Waals surface area contributed by atoms with Crippen molar-refractivity contribution in [2.45, 2.75) is 18.9 Å². The van der Waals surface area contributed by atoms with Crippen LogP contribution in [-0.4, -0.2) is 11.2 Å². The lowest BCUT2D eigenvalue weighted by atomic mass is 9.93. The first kappa shape index (κ1) is 12.8. The summed E-state index contributed by atoms with van der Waals surface area (Å²) in [5.41, 5.74) is 2.56. The van der Waals surface area contributed by atoms with Gasteiger partial charge in [-0.2, -0.15) is 0 Å². The number of aromatic nitrogens is 1. The third-order valence-electron chi connectivity index (χ3n) is 4.23. The smallest absolute Gasteiger partial charge is 0.122 e. The second kappa shape index (κ2) is 5.12. The van der Waals surface area contributed by atoms with Crippen LogP contribution >= 0.6 is 11.6 Å². The van der Waals surface area contributed by atoms with Crippen LogP contribution in [0.15, 0.2) is 54.7 Å². The Labute approximate surface area is 128 Å². The van der Waals surface area contributed by atoms with E-state index in [1.165, 1.54) is 16.5 Å². The summed E-state index contributed by atoms with van der Waals surface area (Å²) >= 11 is 6.06. The largest absolute Gasteiger partial charge is 0.493 e. The molecular formula is C18H16ClNO. The van der Waals surface area contributed by atoms with E-state index in [9.17, 15) is 0 Å². The molecule has 3 heteroatoms. The molecule has 0 radical (unpaired) electrons. The van der Waals surface area contributed by atoms with Crippen molar-refractivity contribution in [2.24, 2.45) is 0 Å². The van der Waals surface area contributed by atoms with Crippen molar-refractivity contribution in [3.05, 3.63) is 65.3 Å². The van der Waals surface area contributed by atoms with Gasteiger partial charge in [-0.1, -0.05) is 29.8 Å². The Balaban J connectivity index is 1.70. The maximum Gasteiger partial charge on any atom is 0.122 e. The molecule has 0 amide bonds. The van der Waals surface area contributed by atoms with Crippen molar-refractivity contribution < 1.29 is 4.74 Å². The molecule has 0 bridgehead atoms. The van der Waals surface area contributed by atoms with Gasteiger partial charge in [0.2, 0.25) is 0 Å². The zero-order valence-corrected chi connectivity index (χ0v) is 12.4. The molecule has 1 aliphatic heterocycles. The average Bonchev–Trinajstić information content (AvgIpc) is 2.90. The fraction of sp³-hybridized carbons (Fsp3) is 0.222. The third kappa shape index (κ3) is 2.30. The average molecular weight is 298 g/mol. The molecule has 1 aromatic heterocycles. The lowest BCUT2D eigenvalue weighted by Crippen LogP contribution is -2.18. The first-order chi connectivity index (χ1) is 10.3. The summed E-state index contributed by atoms with van der Waals surface area (Å²) in [6.45, 7) is 1.78. The number of benzene rings is 2. The molecule has 0 N–H and O–H groups in total. The Bertz CT molecular complexity index is 793. The van der Waals surface area contributed by atoms with Crippen LogP contribution in [0.3, 0.4) is 0 Å². The summed E-state index contributed by atoms with van der Waals surface area (Å²) in [7, 11) is 0. The minimum absolute atomic E-state index is 0.501. The van der Waals surface area contributed by atoms with Gasteiger partial charge in [0.15, 0.2) is 0 Å². The van der Waals surface area contributed by atoms with Crippen LogP contribution < -0.4 is 4.74 Å². The molecule has 0 saturated heterocycles. The Kier molecular flexibility index (Phi) is 3.12. The lowest BCUT2D eigenvalue weighted by Gasteiger charge is -2.26. The molecule has 106 valence electrons. The Hall–Kier alpha value is -1.93. The Morgan fingerprint density at radius 1 is 1.14 bits per heavy atom. The van der Waals surface area contributed by atoms with E-state index in [4.69, 9.17) is 16.3 Å². The fourth-order valence-corrected chi connectivity index (χ4v) is 3.35. The van der Waals surface area contributed by atoms with E-state index in [0.717, 1.165) is 30.3 Å². The number of halogens is 1. The SMILES string of the molecule is Clc1ccc2c(ccn2CC2CCOc3ccccc32)c1. The molecule has 0 fully saturated rings. The van der Waals surface area contributed by atoms with Crippen molar-refractivity contribution in [3.63, 3.8) is 0 Å². The van der Waals surface area contributed by atoms with Crippen LogP contribution in [0.1, 0.15) is 17.9 Å². The number of nitrogens with zero attached hydrogens (tertiary/aromatic N) is 1. The quantitative estimate of drug-likeness (QED) is 0.659.